The van der Waals surface area contributed by atoms with Gasteiger partial charge in [-0.15, -0.1) is 0 Å². The van der Waals surface area contributed by atoms with Crippen LogP contribution in [-0.2, 0) is 4.79 Å². The number of carboxylic acids is 1. The predicted octanol–water partition coefficient (Wildman–Crippen LogP) is 2.51. The van der Waals surface area contributed by atoms with E-state index in [-0.39, 0.29) is 5.92 Å². The number of carboxylic acid groups (broad SMARTS) is 1. The van der Waals surface area contributed by atoms with Crippen molar-refractivity contribution in [1.29, 1.82) is 0 Å². The highest BCUT2D eigenvalue weighted by molar-refractivity contribution is 5.71. The summed E-state index contributed by atoms with van der Waals surface area (Å²) in [5.41, 5.74) is 0. The van der Waals surface area contributed by atoms with Crippen molar-refractivity contribution in [3.63, 3.8) is 0 Å². The van der Waals surface area contributed by atoms with E-state index in [1.54, 1.807) is 0 Å². The van der Waals surface area contributed by atoms with Crippen LogP contribution >= 0.6 is 0 Å². The average molecular weight is 225 g/mol. The van der Waals surface area contributed by atoms with Crippen molar-refractivity contribution in [3.05, 3.63) is 0 Å². The lowest BCUT2D eigenvalue weighted by atomic mass is 9.83. The first-order valence-electron chi connectivity index (χ1n) is 6.76. The minimum atomic E-state index is -0.575. The van der Waals surface area contributed by atoms with Gasteiger partial charge in [0.25, 0.3) is 0 Å². The molecule has 1 saturated heterocycles. The molecule has 2 atom stereocenters. The third kappa shape index (κ3) is 2.76. The molecule has 0 aromatic carbocycles. The summed E-state index contributed by atoms with van der Waals surface area (Å²) < 4.78 is 0. The third-order valence-electron chi connectivity index (χ3n) is 4.16. The molecule has 2 fully saturated rings. The van der Waals surface area contributed by atoms with Crippen molar-refractivity contribution in [1.82, 2.24) is 4.90 Å². The number of aliphatic carboxylic acids is 1. The summed E-state index contributed by atoms with van der Waals surface area (Å²) >= 11 is 0. The Hall–Kier alpha value is -0.570. The summed E-state index contributed by atoms with van der Waals surface area (Å²) in [4.78, 5) is 13.7. The van der Waals surface area contributed by atoms with E-state index in [1.807, 2.05) is 0 Å². The first kappa shape index (κ1) is 11.9. The van der Waals surface area contributed by atoms with Gasteiger partial charge in [-0.25, -0.2) is 0 Å². The van der Waals surface area contributed by atoms with E-state index in [9.17, 15) is 9.90 Å². The van der Waals surface area contributed by atoms with Gasteiger partial charge in [0.15, 0.2) is 0 Å². The maximum absolute atomic E-state index is 11.3. The van der Waals surface area contributed by atoms with Gasteiger partial charge < -0.3 is 5.11 Å². The molecule has 1 saturated carbocycles. The van der Waals surface area contributed by atoms with Crippen LogP contribution in [0.5, 0.6) is 0 Å². The van der Waals surface area contributed by atoms with Gasteiger partial charge in [-0.05, 0) is 38.8 Å². The van der Waals surface area contributed by atoms with Crippen molar-refractivity contribution in [2.24, 2.45) is 5.92 Å². The molecule has 92 valence electrons. The fourth-order valence-electron chi connectivity index (χ4n) is 3.26. The Morgan fingerprint density at radius 2 is 1.56 bits per heavy atom. The maximum atomic E-state index is 11.3. The molecule has 3 heteroatoms. The van der Waals surface area contributed by atoms with Crippen molar-refractivity contribution in [2.75, 3.05) is 13.1 Å². The molecule has 0 spiro atoms. The van der Waals surface area contributed by atoms with Crippen LogP contribution in [0.3, 0.4) is 0 Å². The first-order valence-corrected chi connectivity index (χ1v) is 6.76. The van der Waals surface area contributed by atoms with Gasteiger partial charge in [-0.2, -0.15) is 0 Å². The molecule has 0 amide bonds. The zero-order chi connectivity index (χ0) is 11.4. The Morgan fingerprint density at radius 3 is 2.19 bits per heavy atom. The van der Waals surface area contributed by atoms with Gasteiger partial charge in [0.05, 0.1) is 5.92 Å². The monoisotopic (exact) mass is 225 g/mol. The van der Waals surface area contributed by atoms with E-state index in [0.717, 1.165) is 32.4 Å². The highest BCUT2D eigenvalue weighted by atomic mass is 16.4. The van der Waals surface area contributed by atoms with Gasteiger partial charge >= 0.3 is 5.97 Å². The molecular formula is C13H23NO2. The van der Waals surface area contributed by atoms with Crippen LogP contribution in [0.2, 0.25) is 0 Å². The molecular weight excluding hydrogens is 202 g/mol. The second-order valence-electron chi connectivity index (χ2n) is 5.25. The van der Waals surface area contributed by atoms with Crippen LogP contribution in [0.1, 0.15) is 51.4 Å². The van der Waals surface area contributed by atoms with Gasteiger partial charge in [-0.1, -0.05) is 25.7 Å². The molecule has 2 aliphatic rings. The molecule has 3 nitrogen and oxygen atoms in total. The van der Waals surface area contributed by atoms with Crippen LogP contribution in [0.15, 0.2) is 0 Å². The molecule has 2 rings (SSSR count). The maximum Gasteiger partial charge on any atom is 0.308 e. The highest BCUT2D eigenvalue weighted by Gasteiger charge is 2.34. The van der Waals surface area contributed by atoms with E-state index in [0.29, 0.717) is 6.04 Å². The van der Waals surface area contributed by atoms with Crippen molar-refractivity contribution in [2.45, 2.75) is 57.4 Å². The summed E-state index contributed by atoms with van der Waals surface area (Å²) in [6.45, 7) is 2.24. The van der Waals surface area contributed by atoms with Crippen molar-refractivity contribution in [3.8, 4) is 0 Å². The summed E-state index contributed by atoms with van der Waals surface area (Å²) in [7, 11) is 0. The molecule has 0 radical (unpaired) electrons. The van der Waals surface area contributed by atoms with E-state index in [1.165, 1.54) is 32.1 Å². The van der Waals surface area contributed by atoms with E-state index in [4.69, 9.17) is 0 Å². The van der Waals surface area contributed by atoms with Crippen LogP contribution in [-0.4, -0.2) is 35.1 Å². The summed E-state index contributed by atoms with van der Waals surface area (Å²) in [5.74, 6) is -0.680. The van der Waals surface area contributed by atoms with Gasteiger partial charge in [0.2, 0.25) is 0 Å². The number of hydrogen-bond donors (Lipinski definition) is 1. The third-order valence-corrected chi connectivity index (χ3v) is 4.16. The fourth-order valence-corrected chi connectivity index (χ4v) is 3.26. The van der Waals surface area contributed by atoms with Gasteiger partial charge in [0.1, 0.15) is 0 Å². The Balaban J connectivity index is 2.00. The Labute approximate surface area is 97.8 Å². The summed E-state index contributed by atoms with van der Waals surface area (Å²) in [6, 6.07) is 0.323. The summed E-state index contributed by atoms with van der Waals surface area (Å²) in [5, 5.41) is 9.28. The van der Waals surface area contributed by atoms with E-state index in [2.05, 4.69) is 4.90 Å². The van der Waals surface area contributed by atoms with Crippen LogP contribution in [0, 0.1) is 5.92 Å². The number of rotatable bonds is 2. The molecule has 0 bridgehead atoms. The van der Waals surface area contributed by atoms with Crippen LogP contribution in [0.4, 0.5) is 0 Å². The standard InChI is InChI=1S/C13H23NO2/c15-13(16)11-7-3-4-8-12(11)14-9-5-1-2-6-10-14/h11-12H,1-10H2,(H,15,16). The van der Waals surface area contributed by atoms with E-state index < -0.39 is 5.97 Å². The predicted molar refractivity (Wildman–Crippen MR) is 63.4 cm³/mol. The smallest absolute Gasteiger partial charge is 0.308 e. The van der Waals surface area contributed by atoms with Crippen LogP contribution < -0.4 is 0 Å². The molecule has 2 unspecified atom stereocenters. The Kier molecular flexibility index (Phi) is 4.22. The number of carbonyl (C=O) groups is 1. The molecule has 0 aromatic heterocycles. The van der Waals surface area contributed by atoms with Crippen LogP contribution in [0.25, 0.3) is 0 Å². The average Bonchev–Trinajstić information content (AvgIpc) is 2.57. The zero-order valence-electron chi connectivity index (χ0n) is 10.0. The molecule has 1 aliphatic carbocycles. The fraction of sp³-hybridized carbons (Fsp3) is 0.923. The largest absolute Gasteiger partial charge is 0.481 e. The number of hydrogen-bond acceptors (Lipinski definition) is 2. The normalized spacial score (nSPS) is 33.2. The Morgan fingerprint density at radius 1 is 0.938 bits per heavy atom. The molecule has 1 heterocycles. The highest BCUT2D eigenvalue weighted by Crippen LogP contribution is 2.30. The van der Waals surface area contributed by atoms with Crippen molar-refractivity contribution < 1.29 is 9.90 Å². The zero-order valence-corrected chi connectivity index (χ0v) is 10.0. The second-order valence-corrected chi connectivity index (χ2v) is 5.25. The second kappa shape index (κ2) is 5.67. The molecule has 1 aliphatic heterocycles. The molecule has 0 aromatic rings. The van der Waals surface area contributed by atoms with Gasteiger partial charge in [0, 0.05) is 6.04 Å². The minimum Gasteiger partial charge on any atom is -0.481 e. The molecule has 16 heavy (non-hydrogen) atoms. The lowest BCUT2D eigenvalue weighted by Crippen LogP contribution is -2.45. The topological polar surface area (TPSA) is 40.5 Å². The summed E-state index contributed by atoms with van der Waals surface area (Å²) in [6.07, 6.45) is 9.44. The lowest BCUT2D eigenvalue weighted by Gasteiger charge is -2.37. The van der Waals surface area contributed by atoms with Gasteiger partial charge in [-0.3, -0.25) is 9.69 Å². The lowest BCUT2D eigenvalue weighted by molar-refractivity contribution is -0.145. The SMILES string of the molecule is O=C(O)C1CCCCC1N1CCCCCC1. The number of likely N-dealkylation sites (tertiary alicyclic amines) is 1. The Bertz CT molecular complexity index is 234. The van der Waals surface area contributed by atoms with Crippen molar-refractivity contribution >= 4 is 5.97 Å². The minimum absolute atomic E-state index is 0.105. The number of nitrogens with zero attached hydrogens (tertiary/aromatic N) is 1. The quantitative estimate of drug-likeness (QED) is 0.785. The molecule has 1 N–H and O–H groups in total. The first-order chi connectivity index (χ1) is 7.79. The van der Waals surface area contributed by atoms with E-state index >= 15 is 0 Å².